The van der Waals surface area contributed by atoms with Crippen LogP contribution >= 0.6 is 0 Å². The molecule has 3 N–H and O–H groups in total. The molecule has 2 aromatic carbocycles. The molecule has 2 rings (SSSR count). The molecule has 0 spiro atoms. The van der Waals surface area contributed by atoms with E-state index in [9.17, 15) is 4.79 Å². The maximum atomic E-state index is 10.5. The van der Waals surface area contributed by atoms with Crippen molar-refractivity contribution in [3.05, 3.63) is 59.7 Å². The molecule has 0 aliphatic carbocycles. The third-order valence-electron chi connectivity index (χ3n) is 2.29. The summed E-state index contributed by atoms with van der Waals surface area (Å²) in [6.07, 6.45) is 0. The van der Waals surface area contributed by atoms with Crippen LogP contribution in [0.5, 0.6) is 11.5 Å². The normalized spacial score (nSPS) is 9.17. The molecule has 0 saturated carbocycles. The lowest BCUT2D eigenvalue weighted by atomic mass is 10.1. The monoisotopic (exact) mass is 246 g/mol. The molecular weight excluding hydrogens is 232 g/mol. The van der Waals surface area contributed by atoms with Crippen LogP contribution in [0.4, 0.5) is 0 Å². The highest BCUT2D eigenvalue weighted by atomic mass is 16.4. The molecule has 0 radical (unpaired) electrons. The van der Waals surface area contributed by atoms with Crippen molar-refractivity contribution in [1.29, 1.82) is 0 Å². The lowest BCUT2D eigenvalue weighted by Gasteiger charge is -2.00. The Labute approximate surface area is 105 Å². The summed E-state index contributed by atoms with van der Waals surface area (Å²) in [6.45, 7) is 1.57. The fourth-order valence-corrected chi connectivity index (χ4v) is 1.28. The molecule has 4 heteroatoms. The lowest BCUT2D eigenvalue weighted by Crippen LogP contribution is -1.98. The Kier molecular flexibility index (Phi) is 4.75. The molecule has 0 aromatic heterocycles. The van der Waals surface area contributed by atoms with Crippen LogP contribution in [-0.4, -0.2) is 21.3 Å². The molecule has 0 atom stereocenters. The van der Waals surface area contributed by atoms with Crippen LogP contribution in [-0.2, 0) is 0 Å². The number of benzene rings is 2. The van der Waals surface area contributed by atoms with Gasteiger partial charge in [0.1, 0.15) is 11.5 Å². The average molecular weight is 246 g/mol. The van der Waals surface area contributed by atoms with Gasteiger partial charge in [-0.2, -0.15) is 0 Å². The van der Waals surface area contributed by atoms with Gasteiger partial charge in [-0.3, -0.25) is 0 Å². The summed E-state index contributed by atoms with van der Waals surface area (Å²) in [5.41, 5.74) is 0.546. The molecule has 0 fully saturated rings. The third kappa shape index (κ3) is 3.83. The van der Waals surface area contributed by atoms with Crippen LogP contribution in [0.1, 0.15) is 15.9 Å². The lowest BCUT2D eigenvalue weighted by molar-refractivity contribution is 0.0695. The van der Waals surface area contributed by atoms with Gasteiger partial charge in [-0.25, -0.2) is 4.79 Å². The van der Waals surface area contributed by atoms with Crippen molar-refractivity contribution in [3.8, 4) is 11.5 Å². The molecule has 0 aliphatic heterocycles. The van der Waals surface area contributed by atoms with Crippen molar-refractivity contribution < 1.29 is 20.1 Å². The fraction of sp³-hybridized carbons (Fsp3) is 0.0714. The molecule has 0 saturated heterocycles. The van der Waals surface area contributed by atoms with Crippen molar-refractivity contribution in [1.82, 2.24) is 0 Å². The number of rotatable bonds is 1. The number of carbonyl (C=O) groups is 1. The van der Waals surface area contributed by atoms with Crippen molar-refractivity contribution in [2.24, 2.45) is 0 Å². The van der Waals surface area contributed by atoms with Crippen LogP contribution in [0.3, 0.4) is 0 Å². The molecule has 0 unspecified atom stereocenters. The second kappa shape index (κ2) is 6.30. The van der Waals surface area contributed by atoms with Crippen LogP contribution in [0.25, 0.3) is 0 Å². The van der Waals surface area contributed by atoms with Crippen molar-refractivity contribution >= 4 is 5.97 Å². The van der Waals surface area contributed by atoms with Crippen molar-refractivity contribution in [3.63, 3.8) is 0 Å². The highest BCUT2D eigenvalue weighted by Crippen LogP contribution is 2.18. The second-order valence-corrected chi connectivity index (χ2v) is 3.59. The summed E-state index contributed by atoms with van der Waals surface area (Å²) in [6, 6.07) is 13.1. The zero-order valence-corrected chi connectivity index (χ0v) is 9.87. The van der Waals surface area contributed by atoms with E-state index >= 15 is 0 Å². The molecular formula is C14H14O4. The zero-order chi connectivity index (χ0) is 13.5. The molecule has 18 heavy (non-hydrogen) atoms. The topological polar surface area (TPSA) is 77.8 Å². The quantitative estimate of drug-likeness (QED) is 0.723. The SMILES string of the molecule is Cc1c(O)cccc1C(=O)O.Oc1ccccc1. The van der Waals surface area contributed by atoms with E-state index in [0.717, 1.165) is 0 Å². The first kappa shape index (κ1) is 13.6. The van der Waals surface area contributed by atoms with Crippen molar-refractivity contribution in [2.75, 3.05) is 0 Å². The van der Waals surface area contributed by atoms with Gasteiger partial charge in [0.15, 0.2) is 0 Å². The van der Waals surface area contributed by atoms with Crippen LogP contribution in [0, 0.1) is 6.92 Å². The number of carboxylic acid groups (broad SMARTS) is 1. The number of phenols is 2. The van der Waals surface area contributed by atoms with Gasteiger partial charge in [-0.05, 0) is 31.2 Å². The van der Waals surface area contributed by atoms with Crippen LogP contribution in [0.2, 0.25) is 0 Å². The first-order chi connectivity index (χ1) is 8.52. The Hall–Kier alpha value is -2.49. The van der Waals surface area contributed by atoms with E-state index in [2.05, 4.69) is 0 Å². The number of aromatic carboxylic acids is 1. The summed E-state index contributed by atoms with van der Waals surface area (Å²) in [7, 11) is 0. The van der Waals surface area contributed by atoms with E-state index in [1.165, 1.54) is 18.2 Å². The average Bonchev–Trinajstić information content (AvgIpc) is 2.34. The fourth-order valence-electron chi connectivity index (χ4n) is 1.28. The van der Waals surface area contributed by atoms with Crippen LogP contribution < -0.4 is 0 Å². The van der Waals surface area contributed by atoms with E-state index in [0.29, 0.717) is 11.3 Å². The first-order valence-corrected chi connectivity index (χ1v) is 5.28. The predicted octanol–water partition coefficient (Wildman–Crippen LogP) is 2.79. The molecule has 0 bridgehead atoms. The molecule has 2 aromatic rings. The van der Waals surface area contributed by atoms with E-state index < -0.39 is 5.97 Å². The minimum atomic E-state index is -1.02. The number of hydrogen-bond acceptors (Lipinski definition) is 3. The van der Waals surface area contributed by atoms with Gasteiger partial charge in [0.05, 0.1) is 5.56 Å². The smallest absolute Gasteiger partial charge is 0.336 e. The van der Waals surface area contributed by atoms with E-state index in [-0.39, 0.29) is 11.3 Å². The molecule has 0 amide bonds. The van der Waals surface area contributed by atoms with Gasteiger partial charge in [0.25, 0.3) is 0 Å². The predicted molar refractivity (Wildman–Crippen MR) is 67.9 cm³/mol. The maximum absolute atomic E-state index is 10.5. The summed E-state index contributed by atoms with van der Waals surface area (Å²) in [5.74, 6) is -0.675. The Bertz CT molecular complexity index is 521. The number of aromatic hydroxyl groups is 2. The number of phenolic OH excluding ortho intramolecular Hbond substituents is 2. The Morgan fingerprint density at radius 3 is 1.94 bits per heavy atom. The molecule has 0 aliphatic rings. The van der Waals surface area contributed by atoms with Crippen LogP contribution in [0.15, 0.2) is 48.5 Å². The minimum absolute atomic E-state index is 0.0184. The van der Waals surface area contributed by atoms with Crippen molar-refractivity contribution in [2.45, 2.75) is 6.92 Å². The van der Waals surface area contributed by atoms with Gasteiger partial charge in [-0.1, -0.05) is 24.3 Å². The molecule has 0 heterocycles. The highest BCUT2D eigenvalue weighted by molar-refractivity contribution is 5.90. The molecule has 4 nitrogen and oxygen atoms in total. The summed E-state index contributed by atoms with van der Waals surface area (Å²) >= 11 is 0. The summed E-state index contributed by atoms with van der Waals surface area (Å²) in [4.78, 5) is 10.5. The number of hydrogen-bond donors (Lipinski definition) is 3. The maximum Gasteiger partial charge on any atom is 0.336 e. The highest BCUT2D eigenvalue weighted by Gasteiger charge is 2.08. The largest absolute Gasteiger partial charge is 0.508 e. The van der Waals surface area contributed by atoms with E-state index in [4.69, 9.17) is 15.3 Å². The van der Waals surface area contributed by atoms with Gasteiger partial charge in [-0.15, -0.1) is 0 Å². The van der Waals surface area contributed by atoms with E-state index in [1.807, 2.05) is 6.07 Å². The Balaban J connectivity index is 0.000000199. The zero-order valence-electron chi connectivity index (χ0n) is 9.87. The number of carboxylic acids is 1. The number of para-hydroxylation sites is 1. The van der Waals surface area contributed by atoms with Gasteiger partial charge in [0.2, 0.25) is 0 Å². The Morgan fingerprint density at radius 1 is 0.944 bits per heavy atom. The van der Waals surface area contributed by atoms with Gasteiger partial charge in [0, 0.05) is 5.56 Å². The minimum Gasteiger partial charge on any atom is -0.508 e. The van der Waals surface area contributed by atoms with Gasteiger partial charge >= 0.3 is 5.97 Å². The summed E-state index contributed by atoms with van der Waals surface area (Å²) in [5, 5.41) is 26.3. The van der Waals surface area contributed by atoms with Gasteiger partial charge < -0.3 is 15.3 Å². The third-order valence-corrected chi connectivity index (χ3v) is 2.29. The Morgan fingerprint density at radius 2 is 1.56 bits per heavy atom. The molecule has 94 valence electrons. The summed E-state index contributed by atoms with van der Waals surface area (Å²) < 4.78 is 0. The second-order valence-electron chi connectivity index (χ2n) is 3.59. The van der Waals surface area contributed by atoms with E-state index in [1.54, 1.807) is 31.2 Å². The standard InChI is InChI=1S/C8H8O3.C6H6O/c1-5-6(8(10)11)3-2-4-7(5)9;7-6-4-2-1-3-5-6/h2-4,9H,1H3,(H,10,11);1-5,7H. The first-order valence-electron chi connectivity index (χ1n) is 5.28.